The first-order valence-electron chi connectivity index (χ1n) is 4.24. The molecule has 72 valence electrons. The van der Waals surface area contributed by atoms with Crippen LogP contribution in [0.25, 0.3) is 0 Å². The number of amides is 1. The van der Waals surface area contributed by atoms with E-state index in [0.717, 1.165) is 12.8 Å². The molecule has 0 heterocycles. The highest BCUT2D eigenvalue weighted by atomic mass is 16.6. The van der Waals surface area contributed by atoms with Crippen molar-refractivity contribution in [1.82, 2.24) is 5.48 Å². The second kappa shape index (κ2) is 7.06. The standard InChI is InChI=1S/C8H17NO3/c1-3-4-5-12-9-8(11)7(2)6-10/h7,10H,3-6H2,1-2H3,(H,9,11). The van der Waals surface area contributed by atoms with Crippen molar-refractivity contribution in [2.75, 3.05) is 13.2 Å². The number of aliphatic hydroxyl groups excluding tert-OH is 1. The van der Waals surface area contributed by atoms with Gasteiger partial charge in [-0.3, -0.25) is 9.63 Å². The Hall–Kier alpha value is -0.610. The summed E-state index contributed by atoms with van der Waals surface area (Å²) in [5.41, 5.74) is 2.27. The molecule has 2 N–H and O–H groups in total. The molecule has 0 aliphatic rings. The van der Waals surface area contributed by atoms with E-state index in [2.05, 4.69) is 5.48 Å². The molecule has 0 saturated heterocycles. The molecule has 4 nitrogen and oxygen atoms in total. The zero-order valence-electron chi connectivity index (χ0n) is 7.67. The van der Waals surface area contributed by atoms with Crippen LogP contribution in [-0.4, -0.2) is 24.2 Å². The average Bonchev–Trinajstić information content (AvgIpc) is 2.10. The van der Waals surface area contributed by atoms with Gasteiger partial charge in [0.2, 0.25) is 5.91 Å². The van der Waals surface area contributed by atoms with Gasteiger partial charge in [0.1, 0.15) is 0 Å². The quantitative estimate of drug-likeness (QED) is 0.455. The molecule has 0 aromatic heterocycles. The Morgan fingerprint density at radius 1 is 1.67 bits per heavy atom. The van der Waals surface area contributed by atoms with Gasteiger partial charge in [0, 0.05) is 0 Å². The molecule has 0 aliphatic carbocycles. The number of unbranched alkanes of at least 4 members (excludes halogenated alkanes) is 1. The molecule has 1 atom stereocenters. The van der Waals surface area contributed by atoms with Gasteiger partial charge in [-0.05, 0) is 6.42 Å². The Morgan fingerprint density at radius 2 is 2.33 bits per heavy atom. The van der Waals surface area contributed by atoms with Gasteiger partial charge in [-0.2, -0.15) is 0 Å². The van der Waals surface area contributed by atoms with Crippen LogP contribution in [0.4, 0.5) is 0 Å². The Labute approximate surface area is 72.9 Å². The summed E-state index contributed by atoms with van der Waals surface area (Å²) in [6.07, 6.45) is 1.96. The Morgan fingerprint density at radius 3 is 2.83 bits per heavy atom. The minimum atomic E-state index is -0.397. The molecular weight excluding hydrogens is 158 g/mol. The second-order valence-electron chi connectivity index (χ2n) is 2.75. The second-order valence-corrected chi connectivity index (χ2v) is 2.75. The van der Waals surface area contributed by atoms with Crippen LogP contribution < -0.4 is 5.48 Å². The first kappa shape index (κ1) is 11.4. The van der Waals surface area contributed by atoms with Crippen LogP contribution in [0.5, 0.6) is 0 Å². The highest BCUT2D eigenvalue weighted by Crippen LogP contribution is 1.92. The normalized spacial score (nSPS) is 12.6. The van der Waals surface area contributed by atoms with Crippen molar-refractivity contribution in [2.24, 2.45) is 5.92 Å². The summed E-state index contributed by atoms with van der Waals surface area (Å²) >= 11 is 0. The predicted octanol–water partition coefficient (Wildman–Crippen LogP) is 0.463. The van der Waals surface area contributed by atoms with Crippen molar-refractivity contribution in [3.63, 3.8) is 0 Å². The Bertz CT molecular complexity index is 127. The molecule has 0 aromatic carbocycles. The molecule has 4 heteroatoms. The van der Waals surface area contributed by atoms with E-state index in [1.807, 2.05) is 6.92 Å². The van der Waals surface area contributed by atoms with E-state index >= 15 is 0 Å². The first-order valence-corrected chi connectivity index (χ1v) is 4.24. The number of hydrogen-bond acceptors (Lipinski definition) is 3. The number of carbonyl (C=O) groups is 1. The van der Waals surface area contributed by atoms with Gasteiger partial charge in [0.15, 0.2) is 0 Å². The highest BCUT2D eigenvalue weighted by Gasteiger charge is 2.10. The SMILES string of the molecule is CCCCONC(=O)C(C)CO. The molecule has 0 radical (unpaired) electrons. The molecule has 0 rings (SSSR count). The van der Waals surface area contributed by atoms with Crippen LogP contribution in [0.3, 0.4) is 0 Å². The van der Waals surface area contributed by atoms with E-state index in [-0.39, 0.29) is 12.5 Å². The summed E-state index contributed by atoms with van der Waals surface area (Å²) in [6.45, 7) is 4.06. The maximum absolute atomic E-state index is 10.9. The fraction of sp³-hybridized carbons (Fsp3) is 0.875. The lowest BCUT2D eigenvalue weighted by molar-refractivity contribution is -0.138. The van der Waals surface area contributed by atoms with Gasteiger partial charge in [-0.1, -0.05) is 20.3 Å². The molecule has 1 amide bonds. The third kappa shape index (κ3) is 5.09. The van der Waals surface area contributed by atoms with Crippen molar-refractivity contribution < 1.29 is 14.7 Å². The molecule has 1 unspecified atom stereocenters. The highest BCUT2D eigenvalue weighted by molar-refractivity contribution is 5.77. The minimum Gasteiger partial charge on any atom is -0.396 e. The maximum atomic E-state index is 10.9. The molecular formula is C8H17NO3. The van der Waals surface area contributed by atoms with Crippen molar-refractivity contribution in [2.45, 2.75) is 26.7 Å². The van der Waals surface area contributed by atoms with Crippen molar-refractivity contribution in [3.8, 4) is 0 Å². The van der Waals surface area contributed by atoms with E-state index in [1.54, 1.807) is 6.92 Å². The van der Waals surface area contributed by atoms with Crippen molar-refractivity contribution in [3.05, 3.63) is 0 Å². The van der Waals surface area contributed by atoms with Gasteiger partial charge >= 0.3 is 0 Å². The largest absolute Gasteiger partial charge is 0.396 e. The lowest BCUT2D eigenvalue weighted by Gasteiger charge is -2.08. The summed E-state index contributed by atoms with van der Waals surface area (Å²) in [7, 11) is 0. The minimum absolute atomic E-state index is 0.150. The summed E-state index contributed by atoms with van der Waals surface area (Å²) in [4.78, 5) is 15.8. The molecule has 0 spiro atoms. The summed E-state index contributed by atoms with van der Waals surface area (Å²) in [5.74, 6) is -0.666. The third-order valence-corrected chi connectivity index (χ3v) is 1.49. The zero-order chi connectivity index (χ0) is 9.40. The topological polar surface area (TPSA) is 58.6 Å². The van der Waals surface area contributed by atoms with Gasteiger partial charge in [0.05, 0.1) is 19.1 Å². The molecule has 12 heavy (non-hydrogen) atoms. The lowest BCUT2D eigenvalue weighted by Crippen LogP contribution is -2.31. The van der Waals surface area contributed by atoms with E-state index < -0.39 is 5.92 Å². The monoisotopic (exact) mass is 175 g/mol. The van der Waals surface area contributed by atoms with Crippen LogP contribution >= 0.6 is 0 Å². The number of hydroxylamine groups is 1. The predicted molar refractivity (Wildman–Crippen MR) is 45.3 cm³/mol. The van der Waals surface area contributed by atoms with Crippen LogP contribution in [0.1, 0.15) is 26.7 Å². The summed E-state index contributed by atoms with van der Waals surface area (Å²) in [6, 6.07) is 0. The zero-order valence-corrected chi connectivity index (χ0v) is 7.67. The van der Waals surface area contributed by atoms with E-state index in [9.17, 15) is 4.79 Å². The molecule has 0 bridgehead atoms. The molecule has 0 aromatic rings. The van der Waals surface area contributed by atoms with Crippen LogP contribution in [-0.2, 0) is 9.63 Å². The van der Waals surface area contributed by atoms with E-state index in [0.29, 0.717) is 6.61 Å². The smallest absolute Gasteiger partial charge is 0.248 e. The van der Waals surface area contributed by atoms with E-state index in [4.69, 9.17) is 9.94 Å². The van der Waals surface area contributed by atoms with Gasteiger partial charge in [0.25, 0.3) is 0 Å². The van der Waals surface area contributed by atoms with E-state index in [1.165, 1.54) is 0 Å². The Balaban J connectivity index is 3.31. The van der Waals surface area contributed by atoms with Crippen LogP contribution in [0, 0.1) is 5.92 Å². The van der Waals surface area contributed by atoms with Gasteiger partial charge in [-0.25, -0.2) is 5.48 Å². The van der Waals surface area contributed by atoms with Gasteiger partial charge < -0.3 is 5.11 Å². The fourth-order valence-electron chi connectivity index (χ4n) is 0.522. The van der Waals surface area contributed by atoms with Crippen molar-refractivity contribution >= 4 is 5.91 Å². The number of nitrogens with one attached hydrogen (secondary N) is 1. The fourth-order valence-corrected chi connectivity index (χ4v) is 0.522. The lowest BCUT2D eigenvalue weighted by atomic mass is 10.2. The summed E-state index contributed by atoms with van der Waals surface area (Å²) < 4.78 is 0. The maximum Gasteiger partial charge on any atom is 0.248 e. The number of aliphatic hydroxyl groups is 1. The first-order chi connectivity index (χ1) is 5.72. The number of hydrogen-bond donors (Lipinski definition) is 2. The third-order valence-electron chi connectivity index (χ3n) is 1.49. The van der Waals surface area contributed by atoms with Crippen LogP contribution in [0.2, 0.25) is 0 Å². The number of carbonyl (C=O) groups excluding carboxylic acids is 1. The summed E-state index contributed by atoms with van der Waals surface area (Å²) in [5, 5.41) is 8.59. The molecule has 0 saturated carbocycles. The Kier molecular flexibility index (Phi) is 6.70. The molecule has 0 fully saturated rings. The molecule has 0 aliphatic heterocycles. The average molecular weight is 175 g/mol. The van der Waals surface area contributed by atoms with Gasteiger partial charge in [-0.15, -0.1) is 0 Å². The van der Waals surface area contributed by atoms with Crippen molar-refractivity contribution in [1.29, 1.82) is 0 Å². The van der Waals surface area contributed by atoms with Crippen LogP contribution in [0.15, 0.2) is 0 Å². The number of rotatable bonds is 6.